The molecule has 0 radical (unpaired) electrons. The second-order valence-electron chi connectivity index (χ2n) is 4.76. The molecule has 16 heavy (non-hydrogen) atoms. The molecule has 0 spiro atoms. The number of fused-ring (bicyclic) bond motifs is 1. The number of ether oxygens (including phenoxy) is 1. The Kier molecular flexibility index (Phi) is 3.01. The monoisotopic (exact) mass is 237 g/mol. The standard InChI is InChI=1S/C13H19NOS/c1-9-10-4-2-5-12(10)16-13(9)11-8-14-6-3-7-15-11/h11,14H,2-8H2,1H3. The van der Waals surface area contributed by atoms with Crippen molar-refractivity contribution in [2.45, 2.75) is 38.7 Å². The predicted molar refractivity (Wildman–Crippen MR) is 67.3 cm³/mol. The molecule has 1 fully saturated rings. The van der Waals surface area contributed by atoms with Gasteiger partial charge in [-0.05, 0) is 50.3 Å². The SMILES string of the molecule is Cc1c(C2CNCCCO2)sc2c1CCC2. The maximum Gasteiger partial charge on any atom is 0.104 e. The lowest BCUT2D eigenvalue weighted by molar-refractivity contribution is 0.0689. The van der Waals surface area contributed by atoms with Gasteiger partial charge in [0.15, 0.2) is 0 Å². The molecule has 3 heteroatoms. The molecule has 1 aliphatic carbocycles. The summed E-state index contributed by atoms with van der Waals surface area (Å²) in [6.07, 6.45) is 5.38. The van der Waals surface area contributed by atoms with Gasteiger partial charge in [-0.3, -0.25) is 0 Å². The highest BCUT2D eigenvalue weighted by atomic mass is 32.1. The van der Waals surface area contributed by atoms with Crippen LogP contribution in [0.3, 0.4) is 0 Å². The zero-order chi connectivity index (χ0) is 11.0. The lowest BCUT2D eigenvalue weighted by Crippen LogP contribution is -2.19. The topological polar surface area (TPSA) is 21.3 Å². The fourth-order valence-electron chi connectivity index (χ4n) is 2.77. The molecule has 88 valence electrons. The van der Waals surface area contributed by atoms with Crippen LogP contribution in [0.15, 0.2) is 0 Å². The molecule has 1 N–H and O–H groups in total. The van der Waals surface area contributed by atoms with Crippen LogP contribution < -0.4 is 5.32 Å². The lowest BCUT2D eigenvalue weighted by Gasteiger charge is -2.14. The van der Waals surface area contributed by atoms with Crippen molar-refractivity contribution in [1.29, 1.82) is 0 Å². The molecule has 1 atom stereocenters. The van der Waals surface area contributed by atoms with Gasteiger partial charge in [0.25, 0.3) is 0 Å². The highest BCUT2D eigenvalue weighted by Crippen LogP contribution is 2.39. The normalized spacial score (nSPS) is 25.4. The smallest absolute Gasteiger partial charge is 0.104 e. The van der Waals surface area contributed by atoms with Crippen LogP contribution in [0.5, 0.6) is 0 Å². The number of hydrogen-bond donors (Lipinski definition) is 1. The number of rotatable bonds is 1. The maximum atomic E-state index is 5.95. The van der Waals surface area contributed by atoms with Crippen LogP contribution in [-0.4, -0.2) is 19.7 Å². The Morgan fingerprint density at radius 1 is 1.31 bits per heavy atom. The van der Waals surface area contributed by atoms with Crippen molar-refractivity contribution in [1.82, 2.24) is 5.32 Å². The molecule has 0 bridgehead atoms. The average Bonchev–Trinajstić information content (AvgIpc) is 2.74. The molecule has 1 unspecified atom stereocenters. The van der Waals surface area contributed by atoms with E-state index in [0.717, 1.165) is 26.1 Å². The molecule has 1 aliphatic heterocycles. The molecular weight excluding hydrogens is 218 g/mol. The van der Waals surface area contributed by atoms with Crippen LogP contribution in [0, 0.1) is 6.92 Å². The minimum atomic E-state index is 0.304. The zero-order valence-corrected chi connectivity index (χ0v) is 10.7. The molecule has 1 saturated heterocycles. The van der Waals surface area contributed by atoms with Gasteiger partial charge in [-0.25, -0.2) is 0 Å². The molecule has 1 aromatic rings. The quantitative estimate of drug-likeness (QED) is 0.810. The van der Waals surface area contributed by atoms with Gasteiger partial charge in [-0.15, -0.1) is 11.3 Å². The first kappa shape index (κ1) is 10.8. The second-order valence-corrected chi connectivity index (χ2v) is 5.90. The third-order valence-corrected chi connectivity index (χ3v) is 5.15. The third kappa shape index (κ3) is 1.81. The van der Waals surface area contributed by atoms with E-state index in [4.69, 9.17) is 4.74 Å². The maximum absolute atomic E-state index is 5.95. The van der Waals surface area contributed by atoms with Crippen molar-refractivity contribution in [2.24, 2.45) is 0 Å². The summed E-state index contributed by atoms with van der Waals surface area (Å²) in [6, 6.07) is 0. The van der Waals surface area contributed by atoms with Crippen LogP contribution in [0.4, 0.5) is 0 Å². The van der Waals surface area contributed by atoms with E-state index in [1.54, 1.807) is 10.4 Å². The highest BCUT2D eigenvalue weighted by molar-refractivity contribution is 7.12. The van der Waals surface area contributed by atoms with Crippen LogP contribution in [0.25, 0.3) is 0 Å². The number of aryl methyl sites for hydroxylation is 1. The Morgan fingerprint density at radius 2 is 2.25 bits per heavy atom. The first-order chi connectivity index (χ1) is 7.86. The van der Waals surface area contributed by atoms with E-state index in [1.165, 1.54) is 29.7 Å². The van der Waals surface area contributed by atoms with E-state index in [9.17, 15) is 0 Å². The molecule has 1 aromatic heterocycles. The van der Waals surface area contributed by atoms with Crippen LogP contribution in [0.2, 0.25) is 0 Å². The van der Waals surface area contributed by atoms with Crippen molar-refractivity contribution >= 4 is 11.3 Å². The summed E-state index contributed by atoms with van der Waals surface area (Å²) in [5, 5.41) is 3.47. The number of thiophene rings is 1. The van der Waals surface area contributed by atoms with E-state index in [0.29, 0.717) is 6.10 Å². The Hall–Kier alpha value is -0.380. The number of hydrogen-bond acceptors (Lipinski definition) is 3. The van der Waals surface area contributed by atoms with Gasteiger partial charge in [-0.2, -0.15) is 0 Å². The number of nitrogens with one attached hydrogen (secondary N) is 1. The fraction of sp³-hybridized carbons (Fsp3) is 0.692. The summed E-state index contributed by atoms with van der Waals surface area (Å²) < 4.78 is 5.95. The Labute approximate surface area is 101 Å². The summed E-state index contributed by atoms with van der Waals surface area (Å²) >= 11 is 2.00. The van der Waals surface area contributed by atoms with Gasteiger partial charge in [-0.1, -0.05) is 0 Å². The van der Waals surface area contributed by atoms with E-state index < -0.39 is 0 Å². The molecule has 0 amide bonds. The fourth-order valence-corrected chi connectivity index (χ4v) is 4.22. The third-order valence-electron chi connectivity index (χ3n) is 3.66. The summed E-state index contributed by atoms with van der Waals surface area (Å²) in [7, 11) is 0. The van der Waals surface area contributed by atoms with Gasteiger partial charge >= 0.3 is 0 Å². The Morgan fingerprint density at radius 3 is 3.12 bits per heavy atom. The van der Waals surface area contributed by atoms with Crippen molar-refractivity contribution in [3.63, 3.8) is 0 Å². The molecule has 2 nitrogen and oxygen atoms in total. The lowest BCUT2D eigenvalue weighted by atomic mass is 10.1. The average molecular weight is 237 g/mol. The van der Waals surface area contributed by atoms with Gasteiger partial charge in [0, 0.05) is 22.9 Å². The van der Waals surface area contributed by atoms with Crippen LogP contribution in [0.1, 0.15) is 39.8 Å². The van der Waals surface area contributed by atoms with Gasteiger partial charge in [0.2, 0.25) is 0 Å². The minimum absolute atomic E-state index is 0.304. The van der Waals surface area contributed by atoms with Gasteiger partial charge in [0.1, 0.15) is 6.10 Å². The van der Waals surface area contributed by atoms with Crippen LogP contribution in [-0.2, 0) is 17.6 Å². The summed E-state index contributed by atoms with van der Waals surface area (Å²) in [5.74, 6) is 0. The van der Waals surface area contributed by atoms with Crippen molar-refractivity contribution in [3.05, 3.63) is 20.9 Å². The van der Waals surface area contributed by atoms with Crippen molar-refractivity contribution < 1.29 is 4.74 Å². The molecule has 0 saturated carbocycles. The first-order valence-electron chi connectivity index (χ1n) is 6.29. The van der Waals surface area contributed by atoms with Crippen molar-refractivity contribution in [3.8, 4) is 0 Å². The van der Waals surface area contributed by atoms with E-state index in [2.05, 4.69) is 12.2 Å². The molecule has 2 aliphatic rings. The Bertz CT molecular complexity index is 378. The summed E-state index contributed by atoms with van der Waals surface area (Å²) in [4.78, 5) is 3.11. The first-order valence-corrected chi connectivity index (χ1v) is 7.11. The Balaban J connectivity index is 1.88. The summed E-state index contributed by atoms with van der Waals surface area (Å²) in [5.41, 5.74) is 3.15. The van der Waals surface area contributed by atoms with E-state index >= 15 is 0 Å². The zero-order valence-electron chi connectivity index (χ0n) is 9.84. The molecule has 3 rings (SSSR count). The van der Waals surface area contributed by atoms with Gasteiger partial charge < -0.3 is 10.1 Å². The highest BCUT2D eigenvalue weighted by Gasteiger charge is 2.25. The van der Waals surface area contributed by atoms with E-state index in [-0.39, 0.29) is 0 Å². The van der Waals surface area contributed by atoms with Gasteiger partial charge in [0.05, 0.1) is 0 Å². The molecule has 0 aromatic carbocycles. The molecular formula is C13H19NOS. The van der Waals surface area contributed by atoms with Crippen molar-refractivity contribution in [2.75, 3.05) is 19.7 Å². The predicted octanol–water partition coefficient (Wildman–Crippen LogP) is 2.60. The molecule has 2 heterocycles. The summed E-state index contributed by atoms with van der Waals surface area (Å²) in [6.45, 7) is 5.27. The largest absolute Gasteiger partial charge is 0.371 e. The van der Waals surface area contributed by atoms with E-state index in [1.807, 2.05) is 11.3 Å². The minimum Gasteiger partial charge on any atom is -0.371 e. The van der Waals surface area contributed by atoms with Crippen LogP contribution >= 0.6 is 11.3 Å². The second kappa shape index (κ2) is 4.47.